The van der Waals surface area contributed by atoms with E-state index in [1.807, 2.05) is 13.8 Å². The molecule has 8 nitrogen and oxygen atoms in total. The van der Waals surface area contributed by atoms with Gasteiger partial charge in [0.25, 0.3) is 0 Å². The van der Waals surface area contributed by atoms with Crippen molar-refractivity contribution in [2.45, 2.75) is 33.7 Å². The molecule has 0 spiro atoms. The molecule has 2 aliphatic heterocycles. The van der Waals surface area contributed by atoms with Crippen molar-refractivity contribution in [1.29, 1.82) is 0 Å². The predicted molar refractivity (Wildman–Crippen MR) is 94.9 cm³/mol. The van der Waals surface area contributed by atoms with Gasteiger partial charge in [-0.1, -0.05) is 19.9 Å². The molecule has 0 saturated carbocycles. The molecule has 8 heteroatoms. The highest BCUT2D eigenvalue weighted by Crippen LogP contribution is 2.40. The van der Waals surface area contributed by atoms with Gasteiger partial charge in [-0.25, -0.2) is 9.59 Å². The third-order valence-electron chi connectivity index (χ3n) is 4.27. The maximum Gasteiger partial charge on any atom is 0.338 e. The number of nitrogens with one attached hydrogen (secondary N) is 1. The molecule has 144 valence electrons. The number of carbonyl (C=O) groups excluding carboxylic acids is 3. The first-order valence-corrected chi connectivity index (χ1v) is 8.67. The van der Waals surface area contributed by atoms with Gasteiger partial charge in [-0.15, -0.1) is 0 Å². The highest BCUT2D eigenvalue weighted by Gasteiger charge is 2.41. The molecule has 0 radical (unpaired) electrons. The Morgan fingerprint density at radius 2 is 2.00 bits per heavy atom. The van der Waals surface area contributed by atoms with Crippen LogP contribution in [0.2, 0.25) is 0 Å². The first-order chi connectivity index (χ1) is 12.8. The van der Waals surface area contributed by atoms with Gasteiger partial charge in [-0.3, -0.25) is 9.69 Å². The fraction of sp³-hybridized carbons (Fsp3) is 0.421. The molecule has 0 aromatic heterocycles. The van der Waals surface area contributed by atoms with Crippen LogP contribution >= 0.6 is 0 Å². The molecule has 0 aliphatic carbocycles. The number of amides is 3. The Balaban J connectivity index is 2.07. The maximum atomic E-state index is 12.8. The fourth-order valence-electron chi connectivity index (χ4n) is 3.05. The van der Waals surface area contributed by atoms with Crippen LogP contribution in [0.1, 0.15) is 39.3 Å². The van der Waals surface area contributed by atoms with E-state index in [0.29, 0.717) is 22.8 Å². The van der Waals surface area contributed by atoms with Crippen molar-refractivity contribution in [3.63, 3.8) is 0 Å². The maximum absolute atomic E-state index is 12.8. The van der Waals surface area contributed by atoms with Gasteiger partial charge in [0.2, 0.25) is 12.7 Å². The fourth-order valence-corrected chi connectivity index (χ4v) is 3.05. The molecule has 0 saturated heterocycles. The lowest BCUT2D eigenvalue weighted by Gasteiger charge is -2.35. The summed E-state index contributed by atoms with van der Waals surface area (Å²) in [6, 6.07) is 3.56. The summed E-state index contributed by atoms with van der Waals surface area (Å²) in [5, 5.41) is 2.57. The second-order valence-electron chi connectivity index (χ2n) is 6.87. The summed E-state index contributed by atoms with van der Waals surface area (Å²) in [7, 11) is 0. The number of rotatable bonds is 4. The van der Waals surface area contributed by atoms with E-state index < -0.39 is 23.9 Å². The Kier molecular flexibility index (Phi) is 5.07. The number of hydrogen-bond acceptors (Lipinski definition) is 6. The number of carbonyl (C=O) groups is 3. The van der Waals surface area contributed by atoms with Crippen LogP contribution in [0, 0.1) is 5.92 Å². The van der Waals surface area contributed by atoms with E-state index in [-0.39, 0.29) is 24.9 Å². The zero-order valence-electron chi connectivity index (χ0n) is 15.7. The van der Waals surface area contributed by atoms with Gasteiger partial charge in [0, 0.05) is 12.6 Å². The van der Waals surface area contributed by atoms with Crippen molar-refractivity contribution in [2.75, 3.05) is 13.4 Å². The number of ether oxygens (including phenoxy) is 3. The molecular weight excluding hydrogens is 352 g/mol. The molecule has 1 N–H and O–H groups in total. The van der Waals surface area contributed by atoms with Crippen molar-refractivity contribution in [3.05, 3.63) is 35.0 Å². The Hall–Kier alpha value is -3.03. The summed E-state index contributed by atoms with van der Waals surface area (Å²) >= 11 is 0. The van der Waals surface area contributed by atoms with E-state index >= 15 is 0 Å². The monoisotopic (exact) mass is 374 g/mol. The topological polar surface area (TPSA) is 94.2 Å². The number of fused-ring (bicyclic) bond motifs is 1. The molecule has 2 heterocycles. The summed E-state index contributed by atoms with van der Waals surface area (Å²) < 4.78 is 16.1. The predicted octanol–water partition coefficient (Wildman–Crippen LogP) is 2.50. The molecule has 27 heavy (non-hydrogen) atoms. The zero-order valence-corrected chi connectivity index (χ0v) is 15.7. The molecule has 3 rings (SSSR count). The average molecular weight is 374 g/mol. The largest absolute Gasteiger partial charge is 0.462 e. The number of allylic oxidation sites excluding steroid dienone is 1. The van der Waals surface area contributed by atoms with Crippen LogP contribution < -0.4 is 14.8 Å². The van der Waals surface area contributed by atoms with Crippen molar-refractivity contribution in [3.8, 4) is 11.5 Å². The summed E-state index contributed by atoms with van der Waals surface area (Å²) in [5.41, 5.74) is 1.12. The number of urea groups is 1. The molecule has 1 aromatic carbocycles. The van der Waals surface area contributed by atoms with Crippen molar-refractivity contribution in [1.82, 2.24) is 10.2 Å². The highest BCUT2D eigenvalue weighted by molar-refractivity contribution is 6.01. The van der Waals surface area contributed by atoms with Crippen LogP contribution in [-0.4, -0.2) is 36.2 Å². The van der Waals surface area contributed by atoms with Crippen molar-refractivity contribution in [2.24, 2.45) is 5.92 Å². The summed E-state index contributed by atoms with van der Waals surface area (Å²) in [6.07, 6.45) is 0. The van der Waals surface area contributed by atoms with Gasteiger partial charge in [0.15, 0.2) is 11.5 Å². The smallest absolute Gasteiger partial charge is 0.338 e. The molecular formula is C19H22N2O6. The standard InChI is InChI=1S/C19H22N2O6/c1-10(2)8-25-18(23)16-11(3)20-19(24)21(12(4)22)17(16)13-5-6-14-15(7-13)27-9-26-14/h5-7,10,17H,8-9H2,1-4H3,(H,20,24). The summed E-state index contributed by atoms with van der Waals surface area (Å²) in [5.74, 6) is 0.153. The third-order valence-corrected chi connectivity index (χ3v) is 4.27. The first kappa shape index (κ1) is 18.8. The van der Waals surface area contributed by atoms with Gasteiger partial charge in [-0.2, -0.15) is 0 Å². The van der Waals surface area contributed by atoms with Gasteiger partial charge in [0.1, 0.15) is 6.04 Å². The minimum atomic E-state index is -0.912. The minimum Gasteiger partial charge on any atom is -0.462 e. The van der Waals surface area contributed by atoms with Crippen LogP contribution in [-0.2, 0) is 14.3 Å². The van der Waals surface area contributed by atoms with E-state index in [1.165, 1.54) is 6.92 Å². The lowest BCUT2D eigenvalue weighted by molar-refractivity contribution is -0.141. The summed E-state index contributed by atoms with van der Waals surface area (Å²) in [6.45, 7) is 7.07. The number of imide groups is 1. The van der Waals surface area contributed by atoms with Crippen molar-refractivity contribution < 1.29 is 28.6 Å². The molecule has 1 unspecified atom stereocenters. The Morgan fingerprint density at radius 3 is 2.67 bits per heavy atom. The molecule has 1 atom stereocenters. The molecule has 3 amide bonds. The number of nitrogens with zero attached hydrogens (tertiary/aromatic N) is 1. The molecule has 0 bridgehead atoms. The van der Waals surface area contributed by atoms with Gasteiger partial charge in [0.05, 0.1) is 12.2 Å². The first-order valence-electron chi connectivity index (χ1n) is 8.67. The summed E-state index contributed by atoms with van der Waals surface area (Å²) in [4.78, 5) is 38.4. The Morgan fingerprint density at radius 1 is 1.30 bits per heavy atom. The molecule has 0 fully saturated rings. The molecule has 1 aromatic rings. The Bertz CT molecular complexity index is 829. The second-order valence-corrected chi connectivity index (χ2v) is 6.87. The van der Waals surface area contributed by atoms with E-state index in [0.717, 1.165) is 4.90 Å². The molecule has 2 aliphatic rings. The lowest BCUT2D eigenvalue weighted by atomic mass is 9.93. The Labute approximate surface area is 157 Å². The van der Waals surface area contributed by atoms with Gasteiger partial charge >= 0.3 is 12.0 Å². The van der Waals surface area contributed by atoms with Crippen LogP contribution in [0.3, 0.4) is 0 Å². The minimum absolute atomic E-state index is 0.0958. The van der Waals surface area contributed by atoms with Crippen LogP contribution in [0.15, 0.2) is 29.5 Å². The van der Waals surface area contributed by atoms with Crippen molar-refractivity contribution >= 4 is 17.9 Å². The third kappa shape index (κ3) is 3.60. The lowest BCUT2D eigenvalue weighted by Crippen LogP contribution is -2.50. The zero-order chi connectivity index (χ0) is 19.7. The van der Waals surface area contributed by atoms with Crippen LogP contribution in [0.5, 0.6) is 11.5 Å². The van der Waals surface area contributed by atoms with Crippen LogP contribution in [0.25, 0.3) is 0 Å². The van der Waals surface area contributed by atoms with Crippen LogP contribution in [0.4, 0.5) is 4.79 Å². The normalized spacial score (nSPS) is 18.6. The second kappa shape index (κ2) is 7.30. The number of hydrogen-bond donors (Lipinski definition) is 1. The van der Waals surface area contributed by atoms with E-state index in [1.54, 1.807) is 25.1 Å². The van der Waals surface area contributed by atoms with E-state index in [9.17, 15) is 14.4 Å². The average Bonchev–Trinajstić information content (AvgIpc) is 3.06. The highest BCUT2D eigenvalue weighted by atomic mass is 16.7. The van der Waals surface area contributed by atoms with Gasteiger partial charge in [-0.05, 0) is 30.5 Å². The quantitative estimate of drug-likeness (QED) is 0.814. The number of esters is 1. The van der Waals surface area contributed by atoms with E-state index in [4.69, 9.17) is 14.2 Å². The van der Waals surface area contributed by atoms with Gasteiger partial charge < -0.3 is 19.5 Å². The number of benzene rings is 1. The SMILES string of the molecule is CC(=O)N1C(=O)NC(C)=C(C(=O)OCC(C)C)C1c1ccc2c(c1)OCO2. The van der Waals surface area contributed by atoms with E-state index in [2.05, 4.69) is 5.32 Å².